The third-order valence-corrected chi connectivity index (χ3v) is 1.33. The Balaban J connectivity index is 3.28. The van der Waals surface area contributed by atoms with E-state index in [1.807, 2.05) is 12.1 Å². The second-order valence-corrected chi connectivity index (χ2v) is 2.21. The summed E-state index contributed by atoms with van der Waals surface area (Å²) in [4.78, 5) is 0. The number of benzene rings is 1. The third kappa shape index (κ3) is 1.63. The first-order valence-corrected chi connectivity index (χ1v) is 3.16. The molecule has 11 heavy (non-hydrogen) atoms. The van der Waals surface area contributed by atoms with Crippen molar-refractivity contribution in [2.45, 2.75) is 0 Å². The van der Waals surface area contributed by atoms with E-state index in [1.165, 1.54) is 0 Å². The van der Waals surface area contributed by atoms with E-state index in [1.54, 1.807) is 6.07 Å². The van der Waals surface area contributed by atoms with Crippen molar-refractivity contribution in [2.24, 2.45) is 0 Å². The Morgan fingerprint density at radius 2 is 1.45 bits per heavy atom. The Hall–Kier alpha value is -1.66. The van der Waals surface area contributed by atoms with Gasteiger partial charge in [0.25, 0.3) is 0 Å². The van der Waals surface area contributed by atoms with Crippen LogP contribution in [0.4, 0.5) is 0 Å². The molecule has 0 spiro atoms. The lowest BCUT2D eigenvalue weighted by atomic mass is 10.1. The summed E-state index contributed by atoms with van der Waals surface area (Å²) in [5, 5.41) is 0. The molecule has 0 fully saturated rings. The maximum Gasteiger partial charge on any atom is 0.0257 e. The van der Waals surface area contributed by atoms with Crippen LogP contribution in [0.2, 0.25) is 0 Å². The van der Waals surface area contributed by atoms with Crippen molar-refractivity contribution in [1.29, 1.82) is 0 Å². The molecular weight excluding hydrogens is 132 g/mol. The van der Waals surface area contributed by atoms with E-state index in [9.17, 15) is 0 Å². The van der Waals surface area contributed by atoms with E-state index in [0.717, 1.165) is 16.7 Å². The molecule has 0 atom stereocenters. The lowest BCUT2D eigenvalue weighted by Gasteiger charge is -1.95. The van der Waals surface area contributed by atoms with E-state index in [-0.39, 0.29) is 0 Å². The Morgan fingerprint density at radius 3 is 1.82 bits per heavy atom. The lowest BCUT2D eigenvalue weighted by Crippen LogP contribution is -1.81. The van der Waals surface area contributed by atoms with Gasteiger partial charge in [-0.25, -0.2) is 0 Å². The van der Waals surface area contributed by atoms with Crippen LogP contribution < -0.4 is 0 Å². The molecule has 0 nitrogen and oxygen atoms in total. The highest BCUT2D eigenvalue weighted by Gasteiger charge is 1.92. The van der Waals surface area contributed by atoms with Crippen molar-refractivity contribution in [1.82, 2.24) is 0 Å². The highest BCUT2D eigenvalue weighted by Crippen LogP contribution is 2.06. The minimum absolute atomic E-state index is 0.783. The monoisotopic (exact) mass is 139 g/mol. The van der Waals surface area contributed by atoms with Crippen molar-refractivity contribution in [3.8, 4) is 24.7 Å². The summed E-state index contributed by atoms with van der Waals surface area (Å²) in [6.07, 6.45) is 10.4. The van der Waals surface area contributed by atoms with Crippen molar-refractivity contribution in [2.75, 3.05) is 0 Å². The van der Waals surface area contributed by atoms with Crippen molar-refractivity contribution < 1.29 is 0 Å². The van der Waals surface area contributed by atoms with Crippen LogP contribution in [0.15, 0.2) is 18.2 Å². The molecule has 0 saturated carbocycles. The van der Waals surface area contributed by atoms with Gasteiger partial charge >= 0.3 is 0 Å². The molecule has 0 amide bonds. The van der Waals surface area contributed by atoms with E-state index >= 15 is 0 Å². The molecular formula is C11H7. The average molecular weight is 139 g/mol. The van der Waals surface area contributed by atoms with Gasteiger partial charge in [-0.05, 0) is 30.7 Å². The van der Waals surface area contributed by atoms with Gasteiger partial charge in [0.2, 0.25) is 0 Å². The van der Waals surface area contributed by atoms with E-state index in [4.69, 9.17) is 12.8 Å². The van der Waals surface area contributed by atoms with Gasteiger partial charge < -0.3 is 0 Å². The fourth-order valence-corrected chi connectivity index (χ4v) is 0.859. The first-order chi connectivity index (χ1) is 5.26. The summed E-state index contributed by atoms with van der Waals surface area (Å²) in [6, 6.07) is 5.43. The van der Waals surface area contributed by atoms with Gasteiger partial charge in [-0.1, -0.05) is 11.8 Å². The molecule has 0 aliphatic rings. The van der Waals surface area contributed by atoms with Gasteiger partial charge in [0.05, 0.1) is 0 Å². The number of hydrogen-bond donors (Lipinski definition) is 0. The van der Waals surface area contributed by atoms with Crippen molar-refractivity contribution >= 4 is 0 Å². The maximum atomic E-state index is 5.20. The van der Waals surface area contributed by atoms with Gasteiger partial charge in [0, 0.05) is 11.1 Å². The minimum atomic E-state index is 0.783. The quantitative estimate of drug-likeness (QED) is 0.481. The summed E-state index contributed by atoms with van der Waals surface area (Å²) < 4.78 is 0. The van der Waals surface area contributed by atoms with Crippen molar-refractivity contribution in [3.63, 3.8) is 0 Å². The largest absolute Gasteiger partial charge is 0.115 e. The molecule has 0 heteroatoms. The number of terminal acetylenes is 2. The van der Waals surface area contributed by atoms with Gasteiger partial charge in [0.15, 0.2) is 0 Å². The normalized spacial score (nSPS) is 8.27. The van der Waals surface area contributed by atoms with Gasteiger partial charge in [-0.15, -0.1) is 12.8 Å². The predicted octanol–water partition coefficient (Wildman–Crippen LogP) is 1.83. The minimum Gasteiger partial charge on any atom is -0.115 e. The zero-order chi connectivity index (χ0) is 8.27. The Bertz CT molecular complexity index is 313. The van der Waals surface area contributed by atoms with Gasteiger partial charge in [0.1, 0.15) is 0 Å². The van der Waals surface area contributed by atoms with Crippen LogP contribution in [0.5, 0.6) is 0 Å². The second kappa shape index (κ2) is 2.95. The second-order valence-electron chi connectivity index (χ2n) is 2.21. The predicted molar refractivity (Wildman–Crippen MR) is 46.8 cm³/mol. The summed E-state index contributed by atoms with van der Waals surface area (Å²) in [5.74, 6) is 5.01. The number of hydrogen-bond acceptors (Lipinski definition) is 0. The maximum absolute atomic E-state index is 5.20. The van der Waals surface area contributed by atoms with Crippen LogP contribution in [0.1, 0.15) is 16.7 Å². The standard InChI is InChI=1S/C11H7/c1-4-10-6-9(3)7-11(5-2)8-10/h1-2,6-8H,3H2. The molecule has 0 aliphatic heterocycles. The molecule has 0 aliphatic carbocycles. The zero-order valence-electron chi connectivity index (χ0n) is 6.09. The summed E-state index contributed by atoms with van der Waals surface area (Å²) >= 11 is 0. The summed E-state index contributed by atoms with van der Waals surface area (Å²) in [7, 11) is 0. The van der Waals surface area contributed by atoms with E-state index < -0.39 is 0 Å². The van der Waals surface area contributed by atoms with E-state index in [2.05, 4.69) is 18.8 Å². The highest BCUT2D eigenvalue weighted by molar-refractivity contribution is 5.45. The Kier molecular flexibility index (Phi) is 2.00. The van der Waals surface area contributed by atoms with Crippen molar-refractivity contribution in [3.05, 3.63) is 41.8 Å². The highest BCUT2D eigenvalue weighted by atomic mass is 13.9. The van der Waals surface area contributed by atoms with Crippen LogP contribution in [0.25, 0.3) is 0 Å². The smallest absolute Gasteiger partial charge is 0.0257 e. The van der Waals surface area contributed by atoms with Gasteiger partial charge in [-0.2, -0.15) is 0 Å². The molecule has 0 heterocycles. The summed E-state index contributed by atoms with van der Waals surface area (Å²) in [6.45, 7) is 3.75. The van der Waals surface area contributed by atoms with E-state index in [0.29, 0.717) is 0 Å². The SMILES string of the molecule is C#Cc1cc([CH2])cc(C#C)c1. The Morgan fingerprint density at radius 1 is 1.00 bits per heavy atom. The Labute approximate surface area is 67.3 Å². The molecule has 1 aromatic rings. The van der Waals surface area contributed by atoms with Crippen LogP contribution in [0, 0.1) is 31.6 Å². The zero-order valence-corrected chi connectivity index (χ0v) is 6.09. The molecule has 1 aromatic carbocycles. The molecule has 1 rings (SSSR count). The van der Waals surface area contributed by atoms with Crippen LogP contribution in [-0.4, -0.2) is 0 Å². The van der Waals surface area contributed by atoms with Crippen LogP contribution in [-0.2, 0) is 0 Å². The molecule has 1 radical (unpaired) electrons. The number of rotatable bonds is 0. The van der Waals surface area contributed by atoms with Gasteiger partial charge in [-0.3, -0.25) is 0 Å². The first-order valence-electron chi connectivity index (χ1n) is 3.16. The third-order valence-electron chi connectivity index (χ3n) is 1.33. The fraction of sp³-hybridized carbons (Fsp3) is 0. The molecule has 51 valence electrons. The molecule has 0 saturated heterocycles. The lowest BCUT2D eigenvalue weighted by molar-refractivity contribution is 1.54. The molecule has 0 unspecified atom stereocenters. The summed E-state index contributed by atoms with van der Waals surface area (Å²) in [5.41, 5.74) is 2.42. The average Bonchev–Trinajstić information content (AvgIpc) is 2.03. The molecule has 0 bridgehead atoms. The topological polar surface area (TPSA) is 0 Å². The molecule has 0 aromatic heterocycles. The first kappa shape index (κ1) is 7.45. The van der Waals surface area contributed by atoms with Crippen LogP contribution >= 0.6 is 0 Å². The molecule has 0 N–H and O–H groups in total. The fourth-order valence-electron chi connectivity index (χ4n) is 0.859. The van der Waals surface area contributed by atoms with Crippen LogP contribution in [0.3, 0.4) is 0 Å².